The Morgan fingerprint density at radius 3 is 2.63 bits per heavy atom. The Balaban J connectivity index is 2.70. The number of hydrogen-bond donors (Lipinski definition) is 1. The van der Waals surface area contributed by atoms with Crippen LogP contribution >= 0.6 is 0 Å². The highest BCUT2D eigenvalue weighted by molar-refractivity contribution is 5.51. The van der Waals surface area contributed by atoms with Gasteiger partial charge in [0.1, 0.15) is 0 Å². The van der Waals surface area contributed by atoms with Gasteiger partial charge in [-0.3, -0.25) is 4.98 Å². The van der Waals surface area contributed by atoms with Crippen molar-refractivity contribution in [2.75, 3.05) is 18.5 Å². The summed E-state index contributed by atoms with van der Waals surface area (Å²) in [6.45, 7) is 4.58. The molecule has 108 valence electrons. The Morgan fingerprint density at radius 1 is 1.37 bits per heavy atom. The molecule has 0 fully saturated rings. The van der Waals surface area contributed by atoms with Crippen molar-refractivity contribution in [3.05, 3.63) is 24.0 Å². The van der Waals surface area contributed by atoms with E-state index in [-0.39, 0.29) is 6.54 Å². The molecule has 1 heterocycles. The van der Waals surface area contributed by atoms with Crippen molar-refractivity contribution in [1.29, 1.82) is 0 Å². The third-order valence-electron chi connectivity index (χ3n) is 2.72. The van der Waals surface area contributed by atoms with Crippen molar-refractivity contribution in [2.24, 2.45) is 0 Å². The maximum absolute atomic E-state index is 12.2. The molecule has 0 aliphatic rings. The smallest absolute Gasteiger partial charge is 0.374 e. The molecular formula is C13H20F3N3. The van der Waals surface area contributed by atoms with Crippen molar-refractivity contribution in [3.8, 4) is 0 Å². The van der Waals surface area contributed by atoms with Crippen LogP contribution in [-0.2, 0) is 6.54 Å². The number of nitrogens with zero attached hydrogens (tertiary/aromatic N) is 2. The van der Waals surface area contributed by atoms with E-state index in [1.165, 1.54) is 0 Å². The number of alkyl halides is 3. The van der Waals surface area contributed by atoms with Crippen LogP contribution in [0.2, 0.25) is 0 Å². The molecule has 3 nitrogen and oxygen atoms in total. The summed E-state index contributed by atoms with van der Waals surface area (Å²) >= 11 is 0. The Kier molecular flexibility index (Phi) is 5.60. The highest BCUT2D eigenvalue weighted by atomic mass is 19.4. The van der Waals surface area contributed by atoms with Crippen molar-refractivity contribution >= 4 is 5.69 Å². The third-order valence-corrected chi connectivity index (χ3v) is 2.72. The van der Waals surface area contributed by atoms with Crippen LogP contribution in [0.1, 0.15) is 25.8 Å². The van der Waals surface area contributed by atoms with Gasteiger partial charge in [0.05, 0.1) is 6.42 Å². The van der Waals surface area contributed by atoms with Crippen molar-refractivity contribution in [3.63, 3.8) is 0 Å². The molecule has 0 atom stereocenters. The number of anilines is 1. The number of pyridine rings is 1. The standard InChI is InChI=1S/C13H20F3N3/c1-10(2)18-9-11-8-17-6-4-12(11)19(3)7-5-13(14,15)16/h4,6,8,10,18H,5,7,9H2,1-3H3. The number of nitrogens with one attached hydrogen (secondary N) is 1. The lowest BCUT2D eigenvalue weighted by molar-refractivity contribution is -0.132. The summed E-state index contributed by atoms with van der Waals surface area (Å²) in [6, 6.07) is 2.06. The minimum absolute atomic E-state index is 0.0534. The molecule has 0 bridgehead atoms. The summed E-state index contributed by atoms with van der Waals surface area (Å²) in [6.07, 6.45) is -1.66. The van der Waals surface area contributed by atoms with Crippen LogP contribution in [0, 0.1) is 0 Å². The third kappa shape index (κ3) is 5.92. The first-order valence-corrected chi connectivity index (χ1v) is 6.24. The molecule has 1 rings (SSSR count). The fraction of sp³-hybridized carbons (Fsp3) is 0.615. The quantitative estimate of drug-likeness (QED) is 0.865. The second-order valence-electron chi connectivity index (χ2n) is 4.83. The van der Waals surface area contributed by atoms with E-state index in [4.69, 9.17) is 0 Å². The van der Waals surface area contributed by atoms with Gasteiger partial charge in [0.2, 0.25) is 0 Å². The van der Waals surface area contributed by atoms with Crippen LogP contribution < -0.4 is 10.2 Å². The summed E-state index contributed by atoms with van der Waals surface area (Å²) in [7, 11) is 1.67. The molecule has 1 aromatic heterocycles. The van der Waals surface area contributed by atoms with Gasteiger partial charge in [-0.25, -0.2) is 0 Å². The molecule has 19 heavy (non-hydrogen) atoms. The van der Waals surface area contributed by atoms with Crippen LogP contribution in [0.15, 0.2) is 18.5 Å². The zero-order chi connectivity index (χ0) is 14.5. The van der Waals surface area contributed by atoms with Crippen LogP contribution in [0.4, 0.5) is 18.9 Å². The lowest BCUT2D eigenvalue weighted by Crippen LogP contribution is -2.27. The van der Waals surface area contributed by atoms with Crippen LogP contribution in [0.3, 0.4) is 0 Å². The maximum atomic E-state index is 12.2. The molecule has 0 saturated carbocycles. The largest absolute Gasteiger partial charge is 0.390 e. The van der Waals surface area contributed by atoms with E-state index >= 15 is 0 Å². The molecular weight excluding hydrogens is 255 g/mol. The molecule has 0 spiro atoms. The molecule has 0 saturated heterocycles. The van der Waals surface area contributed by atoms with Crippen LogP contribution in [0.5, 0.6) is 0 Å². The van der Waals surface area contributed by atoms with E-state index in [0.29, 0.717) is 12.6 Å². The van der Waals surface area contributed by atoms with Crippen molar-refractivity contribution in [2.45, 2.75) is 39.0 Å². The van der Waals surface area contributed by atoms with Gasteiger partial charge in [-0.1, -0.05) is 13.8 Å². The average Bonchev–Trinajstić information content (AvgIpc) is 2.33. The summed E-state index contributed by atoms with van der Waals surface area (Å²) in [5.41, 5.74) is 1.69. The van der Waals surface area contributed by atoms with E-state index in [0.717, 1.165) is 11.3 Å². The zero-order valence-corrected chi connectivity index (χ0v) is 11.5. The number of rotatable bonds is 6. The summed E-state index contributed by atoms with van der Waals surface area (Å²) in [5.74, 6) is 0. The normalized spacial score (nSPS) is 11.9. The molecule has 0 aliphatic carbocycles. The molecule has 0 aromatic carbocycles. The van der Waals surface area contributed by atoms with E-state index < -0.39 is 12.6 Å². The van der Waals surface area contributed by atoms with Gasteiger partial charge in [-0.05, 0) is 6.07 Å². The number of hydrogen-bond acceptors (Lipinski definition) is 3. The van der Waals surface area contributed by atoms with Gasteiger partial charge in [0.15, 0.2) is 0 Å². The Labute approximate surface area is 111 Å². The van der Waals surface area contributed by atoms with Gasteiger partial charge in [0, 0.05) is 49.8 Å². The Morgan fingerprint density at radius 2 is 2.05 bits per heavy atom. The lowest BCUT2D eigenvalue weighted by Gasteiger charge is -2.23. The van der Waals surface area contributed by atoms with Crippen molar-refractivity contribution < 1.29 is 13.2 Å². The Hall–Kier alpha value is -1.30. The minimum atomic E-state index is -4.13. The predicted octanol–water partition coefficient (Wildman–Crippen LogP) is 2.97. The second-order valence-corrected chi connectivity index (χ2v) is 4.83. The molecule has 0 radical (unpaired) electrons. The topological polar surface area (TPSA) is 28.2 Å². The van der Waals surface area contributed by atoms with Crippen LogP contribution in [-0.4, -0.2) is 30.8 Å². The van der Waals surface area contributed by atoms with E-state index in [1.807, 2.05) is 13.8 Å². The SMILES string of the molecule is CC(C)NCc1cnccc1N(C)CCC(F)(F)F. The van der Waals surface area contributed by atoms with Gasteiger partial charge < -0.3 is 10.2 Å². The first kappa shape index (κ1) is 15.8. The number of halogens is 3. The van der Waals surface area contributed by atoms with E-state index in [2.05, 4.69) is 10.3 Å². The first-order valence-electron chi connectivity index (χ1n) is 6.24. The van der Waals surface area contributed by atoms with E-state index in [9.17, 15) is 13.2 Å². The Bertz CT molecular complexity index is 391. The van der Waals surface area contributed by atoms with Gasteiger partial charge in [-0.2, -0.15) is 13.2 Å². The summed E-state index contributed by atoms with van der Waals surface area (Å²) in [5, 5.41) is 3.24. The predicted molar refractivity (Wildman–Crippen MR) is 70.2 cm³/mol. The zero-order valence-electron chi connectivity index (χ0n) is 11.5. The average molecular weight is 275 g/mol. The first-order chi connectivity index (χ1) is 8.79. The molecule has 0 amide bonds. The van der Waals surface area contributed by atoms with E-state index in [1.54, 1.807) is 30.4 Å². The van der Waals surface area contributed by atoms with Crippen LogP contribution in [0.25, 0.3) is 0 Å². The summed E-state index contributed by atoms with van der Waals surface area (Å²) in [4.78, 5) is 5.64. The highest BCUT2D eigenvalue weighted by Gasteiger charge is 2.27. The monoisotopic (exact) mass is 275 g/mol. The van der Waals surface area contributed by atoms with Gasteiger partial charge >= 0.3 is 6.18 Å². The molecule has 1 N–H and O–H groups in total. The van der Waals surface area contributed by atoms with Gasteiger partial charge in [0.25, 0.3) is 0 Å². The summed E-state index contributed by atoms with van der Waals surface area (Å²) < 4.78 is 36.7. The van der Waals surface area contributed by atoms with Gasteiger partial charge in [-0.15, -0.1) is 0 Å². The highest BCUT2D eigenvalue weighted by Crippen LogP contribution is 2.23. The lowest BCUT2D eigenvalue weighted by atomic mass is 10.2. The molecule has 0 aliphatic heterocycles. The molecule has 0 unspecified atom stereocenters. The fourth-order valence-corrected chi connectivity index (χ4v) is 1.66. The molecule has 6 heteroatoms. The fourth-order valence-electron chi connectivity index (χ4n) is 1.66. The second kappa shape index (κ2) is 6.75. The number of aromatic nitrogens is 1. The minimum Gasteiger partial charge on any atom is -0.374 e. The maximum Gasteiger partial charge on any atom is 0.390 e. The molecule has 1 aromatic rings. The van der Waals surface area contributed by atoms with Crippen molar-refractivity contribution in [1.82, 2.24) is 10.3 Å².